The summed E-state index contributed by atoms with van der Waals surface area (Å²) in [5.74, 6) is 0.724. The standard InChI is InChI=1S/C19H20N6O3/c1-12(26)22-14-4-2-13(3-5-14)10-25-11-15(27)8-17(25)19-23-18(24-28-19)16-9-20-6-7-21-16/h2-7,9,15,17,27H,8,10-11H2,1H3,(H,22,26)/t15-,17+/m1/s1. The maximum absolute atomic E-state index is 11.1. The number of aromatic nitrogens is 4. The van der Waals surface area contributed by atoms with Gasteiger partial charge in [-0.05, 0) is 24.1 Å². The molecule has 0 unspecified atom stereocenters. The molecular weight excluding hydrogens is 360 g/mol. The molecule has 9 heteroatoms. The Kier molecular flexibility index (Phi) is 5.09. The van der Waals surface area contributed by atoms with Crippen LogP contribution >= 0.6 is 0 Å². The first-order chi connectivity index (χ1) is 13.6. The van der Waals surface area contributed by atoms with Crippen molar-refractivity contribution in [1.29, 1.82) is 0 Å². The summed E-state index contributed by atoms with van der Waals surface area (Å²) in [5.41, 5.74) is 2.35. The van der Waals surface area contributed by atoms with Crippen LogP contribution in [0, 0.1) is 0 Å². The van der Waals surface area contributed by atoms with Gasteiger partial charge in [-0.2, -0.15) is 4.98 Å². The van der Waals surface area contributed by atoms with Crippen LogP contribution in [0.3, 0.4) is 0 Å². The van der Waals surface area contributed by atoms with Crippen molar-refractivity contribution in [2.75, 3.05) is 11.9 Å². The molecule has 1 saturated heterocycles. The number of benzene rings is 1. The molecule has 0 saturated carbocycles. The summed E-state index contributed by atoms with van der Waals surface area (Å²) in [5, 5.41) is 16.9. The second-order valence-electron chi connectivity index (χ2n) is 6.76. The van der Waals surface area contributed by atoms with E-state index in [9.17, 15) is 9.90 Å². The molecule has 28 heavy (non-hydrogen) atoms. The molecule has 9 nitrogen and oxygen atoms in total. The summed E-state index contributed by atoms with van der Waals surface area (Å²) in [6, 6.07) is 7.44. The molecule has 4 rings (SSSR count). The molecule has 1 aromatic carbocycles. The molecule has 3 aromatic rings. The maximum Gasteiger partial charge on any atom is 0.244 e. The number of carbonyl (C=O) groups is 1. The highest BCUT2D eigenvalue weighted by Gasteiger charge is 2.36. The Labute approximate surface area is 161 Å². The van der Waals surface area contributed by atoms with E-state index in [-0.39, 0.29) is 11.9 Å². The summed E-state index contributed by atoms with van der Waals surface area (Å²) in [6.07, 6.45) is 4.78. The molecule has 2 N–H and O–H groups in total. The Morgan fingerprint density at radius 1 is 1.32 bits per heavy atom. The highest BCUT2D eigenvalue weighted by molar-refractivity contribution is 5.88. The van der Waals surface area contributed by atoms with E-state index < -0.39 is 6.10 Å². The Bertz CT molecular complexity index is 944. The van der Waals surface area contributed by atoms with Gasteiger partial charge in [-0.3, -0.25) is 14.7 Å². The fourth-order valence-electron chi connectivity index (χ4n) is 3.33. The van der Waals surface area contributed by atoms with E-state index in [0.717, 1.165) is 11.3 Å². The van der Waals surface area contributed by atoms with E-state index in [1.807, 2.05) is 24.3 Å². The van der Waals surface area contributed by atoms with Gasteiger partial charge < -0.3 is 14.9 Å². The summed E-state index contributed by atoms with van der Waals surface area (Å²) in [7, 11) is 0. The van der Waals surface area contributed by atoms with Gasteiger partial charge in [0.15, 0.2) is 0 Å². The number of anilines is 1. The third-order valence-electron chi connectivity index (χ3n) is 4.56. The van der Waals surface area contributed by atoms with Crippen LogP contribution in [0.15, 0.2) is 47.4 Å². The number of likely N-dealkylation sites (tertiary alicyclic amines) is 1. The number of aliphatic hydroxyl groups excluding tert-OH is 1. The van der Waals surface area contributed by atoms with Crippen molar-refractivity contribution in [2.45, 2.75) is 32.0 Å². The minimum atomic E-state index is -0.462. The number of β-amino-alcohol motifs (C(OH)–C–C–N with tert-alkyl or cyclic N) is 1. The molecule has 144 valence electrons. The molecule has 2 aromatic heterocycles. The van der Waals surface area contributed by atoms with E-state index in [2.05, 4.69) is 30.3 Å². The summed E-state index contributed by atoms with van der Waals surface area (Å²) in [6.45, 7) is 2.61. The summed E-state index contributed by atoms with van der Waals surface area (Å²) >= 11 is 0. The van der Waals surface area contributed by atoms with Gasteiger partial charge in [-0.15, -0.1) is 0 Å². The van der Waals surface area contributed by atoms with Gasteiger partial charge in [0, 0.05) is 38.1 Å². The average molecular weight is 380 g/mol. The van der Waals surface area contributed by atoms with Crippen LogP contribution in [0.4, 0.5) is 5.69 Å². The molecule has 1 aliphatic rings. The fourth-order valence-corrected chi connectivity index (χ4v) is 3.33. The van der Waals surface area contributed by atoms with Gasteiger partial charge in [-0.1, -0.05) is 17.3 Å². The van der Waals surface area contributed by atoms with E-state index in [1.165, 1.54) is 6.92 Å². The second-order valence-corrected chi connectivity index (χ2v) is 6.76. The van der Waals surface area contributed by atoms with Gasteiger partial charge in [-0.25, -0.2) is 4.98 Å². The molecular formula is C19H20N6O3. The van der Waals surface area contributed by atoms with Crippen LogP contribution in [-0.4, -0.2) is 48.7 Å². The van der Waals surface area contributed by atoms with Crippen LogP contribution in [0.1, 0.15) is 30.8 Å². The van der Waals surface area contributed by atoms with Crippen molar-refractivity contribution < 1.29 is 14.4 Å². The molecule has 3 heterocycles. The lowest BCUT2D eigenvalue weighted by molar-refractivity contribution is -0.114. The van der Waals surface area contributed by atoms with Gasteiger partial charge >= 0.3 is 0 Å². The average Bonchev–Trinajstić information content (AvgIpc) is 3.30. The van der Waals surface area contributed by atoms with Crippen molar-refractivity contribution >= 4 is 11.6 Å². The first-order valence-corrected chi connectivity index (χ1v) is 8.97. The minimum Gasteiger partial charge on any atom is -0.392 e. The number of aliphatic hydroxyl groups is 1. The zero-order valence-corrected chi connectivity index (χ0v) is 15.3. The zero-order chi connectivity index (χ0) is 19.5. The highest BCUT2D eigenvalue weighted by Crippen LogP contribution is 2.33. The first kappa shape index (κ1) is 18.2. The van der Waals surface area contributed by atoms with Crippen LogP contribution in [0.2, 0.25) is 0 Å². The van der Waals surface area contributed by atoms with Gasteiger partial charge in [0.1, 0.15) is 5.69 Å². The van der Waals surface area contributed by atoms with Crippen molar-refractivity contribution in [2.24, 2.45) is 0 Å². The Hall–Kier alpha value is -3.17. The third kappa shape index (κ3) is 4.05. The number of rotatable bonds is 5. The molecule has 0 radical (unpaired) electrons. The predicted molar refractivity (Wildman–Crippen MR) is 99.8 cm³/mol. The molecule has 0 bridgehead atoms. The monoisotopic (exact) mass is 380 g/mol. The zero-order valence-electron chi connectivity index (χ0n) is 15.3. The Morgan fingerprint density at radius 3 is 2.86 bits per heavy atom. The van der Waals surface area contributed by atoms with Crippen molar-refractivity contribution in [3.05, 3.63) is 54.3 Å². The van der Waals surface area contributed by atoms with Crippen molar-refractivity contribution in [1.82, 2.24) is 25.0 Å². The molecule has 1 amide bonds. The Morgan fingerprint density at radius 2 is 2.14 bits per heavy atom. The topological polar surface area (TPSA) is 117 Å². The van der Waals surface area contributed by atoms with Gasteiger partial charge in [0.05, 0.1) is 18.3 Å². The quantitative estimate of drug-likeness (QED) is 0.688. The van der Waals surface area contributed by atoms with Crippen LogP contribution in [0.5, 0.6) is 0 Å². The normalized spacial score (nSPS) is 19.6. The SMILES string of the molecule is CC(=O)Nc1ccc(CN2C[C@H](O)C[C@H]2c2nc(-c3cnccn3)no2)cc1. The second kappa shape index (κ2) is 7.83. The number of nitrogens with zero attached hydrogens (tertiary/aromatic N) is 5. The maximum atomic E-state index is 11.1. The minimum absolute atomic E-state index is 0.106. The van der Waals surface area contributed by atoms with Crippen LogP contribution in [0.25, 0.3) is 11.5 Å². The van der Waals surface area contributed by atoms with Gasteiger partial charge in [0.2, 0.25) is 17.6 Å². The van der Waals surface area contributed by atoms with Crippen molar-refractivity contribution in [3.8, 4) is 11.5 Å². The lowest BCUT2D eigenvalue weighted by Crippen LogP contribution is -2.24. The lowest BCUT2D eigenvalue weighted by Gasteiger charge is -2.21. The number of hydrogen-bond donors (Lipinski definition) is 2. The van der Waals surface area contributed by atoms with E-state index in [1.54, 1.807) is 18.6 Å². The molecule has 1 aliphatic heterocycles. The molecule has 0 aliphatic carbocycles. The molecule has 1 fully saturated rings. The molecule has 0 spiro atoms. The van der Waals surface area contributed by atoms with E-state index in [4.69, 9.17) is 4.52 Å². The smallest absolute Gasteiger partial charge is 0.244 e. The number of nitrogens with one attached hydrogen (secondary N) is 1. The Balaban J connectivity index is 1.50. The van der Waals surface area contributed by atoms with Crippen molar-refractivity contribution in [3.63, 3.8) is 0 Å². The molecule has 2 atom stereocenters. The predicted octanol–water partition coefficient (Wildman–Crippen LogP) is 1.79. The summed E-state index contributed by atoms with van der Waals surface area (Å²) in [4.78, 5) is 25.9. The highest BCUT2D eigenvalue weighted by atomic mass is 16.5. The number of carbonyl (C=O) groups excluding carboxylic acids is 1. The third-order valence-corrected chi connectivity index (χ3v) is 4.56. The van der Waals surface area contributed by atoms with Gasteiger partial charge in [0.25, 0.3) is 0 Å². The first-order valence-electron chi connectivity index (χ1n) is 8.97. The summed E-state index contributed by atoms with van der Waals surface area (Å²) < 4.78 is 5.45. The largest absolute Gasteiger partial charge is 0.392 e. The van der Waals surface area contributed by atoms with E-state index >= 15 is 0 Å². The van der Waals surface area contributed by atoms with E-state index in [0.29, 0.717) is 36.9 Å². The van der Waals surface area contributed by atoms with Crippen LogP contribution in [-0.2, 0) is 11.3 Å². The fraction of sp³-hybridized carbons (Fsp3) is 0.316. The van der Waals surface area contributed by atoms with Crippen LogP contribution < -0.4 is 5.32 Å². The lowest BCUT2D eigenvalue weighted by atomic mass is 10.1. The number of amides is 1. The number of hydrogen-bond acceptors (Lipinski definition) is 8.